The van der Waals surface area contributed by atoms with Crippen molar-refractivity contribution in [3.05, 3.63) is 271 Å². The summed E-state index contributed by atoms with van der Waals surface area (Å²) in [5, 5.41) is 0. The van der Waals surface area contributed by atoms with Crippen molar-refractivity contribution in [3.63, 3.8) is 0 Å². The fraction of sp³-hybridized carbons (Fsp3) is 0.0156. The number of fused-ring (bicyclic) bond motifs is 6. The Kier molecular flexibility index (Phi) is 9.65. The van der Waals surface area contributed by atoms with Crippen molar-refractivity contribution in [1.82, 2.24) is 15.0 Å². The van der Waals surface area contributed by atoms with Crippen molar-refractivity contribution in [2.45, 2.75) is 5.41 Å². The molecule has 0 spiro atoms. The zero-order valence-electron chi connectivity index (χ0n) is 37.3. The standard InChI is InChI=1S/C64H41N3O2/c1-5-18-42(19-6-1)44-32-36-46(37-33-44)61-65-62(47-38-34-45(35-39-47)43-20-7-2-8-21-43)67-63(66-61)52-27-14-13-26-50(52)51-29-17-31-56-59(51)68-57-41-40-55-58(60(57)69-56)53-28-15-16-30-54(53)64(55,48-22-9-3-10-23-48)49-24-11-4-12-25-49/h1-41H. The molecule has 5 nitrogen and oxygen atoms in total. The molecule has 324 valence electrons. The first-order valence-electron chi connectivity index (χ1n) is 23.3. The number of para-hydroxylation sites is 1. The van der Waals surface area contributed by atoms with E-state index in [-0.39, 0.29) is 0 Å². The van der Waals surface area contributed by atoms with Gasteiger partial charge < -0.3 is 9.47 Å². The normalized spacial score (nSPS) is 12.7. The Balaban J connectivity index is 0.929. The first-order valence-corrected chi connectivity index (χ1v) is 23.3. The summed E-state index contributed by atoms with van der Waals surface area (Å²) in [6.45, 7) is 0. The van der Waals surface area contributed by atoms with Gasteiger partial charge in [-0.15, -0.1) is 0 Å². The summed E-state index contributed by atoms with van der Waals surface area (Å²) < 4.78 is 14.2. The second-order valence-electron chi connectivity index (χ2n) is 17.4. The second kappa shape index (κ2) is 16.6. The summed E-state index contributed by atoms with van der Waals surface area (Å²) in [7, 11) is 0. The smallest absolute Gasteiger partial charge is 0.178 e. The van der Waals surface area contributed by atoms with E-state index in [0.29, 0.717) is 40.5 Å². The Morgan fingerprint density at radius 1 is 0.261 bits per heavy atom. The van der Waals surface area contributed by atoms with Gasteiger partial charge in [0, 0.05) is 27.8 Å². The van der Waals surface area contributed by atoms with Crippen LogP contribution in [0.15, 0.2) is 249 Å². The van der Waals surface area contributed by atoms with Gasteiger partial charge in [-0.05, 0) is 67.8 Å². The Labute approximate surface area is 400 Å². The molecule has 5 heteroatoms. The molecule has 1 aliphatic heterocycles. The molecule has 0 atom stereocenters. The Morgan fingerprint density at radius 2 is 0.681 bits per heavy atom. The number of ether oxygens (including phenoxy) is 2. The molecule has 0 radical (unpaired) electrons. The van der Waals surface area contributed by atoms with Crippen LogP contribution in [0.4, 0.5) is 0 Å². The second-order valence-corrected chi connectivity index (χ2v) is 17.4. The molecule has 11 aromatic rings. The van der Waals surface area contributed by atoms with Gasteiger partial charge >= 0.3 is 0 Å². The predicted octanol–water partition coefficient (Wildman–Crippen LogP) is 16.1. The molecule has 0 saturated carbocycles. The van der Waals surface area contributed by atoms with Crippen molar-refractivity contribution >= 4 is 0 Å². The van der Waals surface area contributed by atoms with Crippen LogP contribution in [0.5, 0.6) is 23.0 Å². The van der Waals surface area contributed by atoms with Crippen molar-refractivity contribution in [3.8, 4) is 102 Å². The van der Waals surface area contributed by atoms with Crippen LogP contribution in [-0.4, -0.2) is 15.0 Å². The fourth-order valence-electron chi connectivity index (χ4n) is 10.3. The van der Waals surface area contributed by atoms with Gasteiger partial charge in [0.1, 0.15) is 0 Å². The number of rotatable bonds is 8. The number of benzene rings is 10. The zero-order chi connectivity index (χ0) is 45.7. The zero-order valence-corrected chi connectivity index (χ0v) is 37.3. The largest absolute Gasteiger partial charge is 0.449 e. The maximum Gasteiger partial charge on any atom is 0.178 e. The lowest BCUT2D eigenvalue weighted by atomic mass is 9.68. The fourth-order valence-corrected chi connectivity index (χ4v) is 10.3. The van der Waals surface area contributed by atoms with Crippen LogP contribution in [0, 0.1) is 0 Å². The van der Waals surface area contributed by atoms with Crippen molar-refractivity contribution in [2.75, 3.05) is 0 Å². The van der Waals surface area contributed by atoms with Crippen molar-refractivity contribution < 1.29 is 9.47 Å². The molecule has 0 bridgehead atoms. The van der Waals surface area contributed by atoms with E-state index in [9.17, 15) is 0 Å². The van der Waals surface area contributed by atoms with Gasteiger partial charge in [-0.2, -0.15) is 0 Å². The number of hydrogen-bond acceptors (Lipinski definition) is 5. The van der Waals surface area contributed by atoms with Crippen molar-refractivity contribution in [2.24, 2.45) is 0 Å². The number of aromatic nitrogens is 3. The van der Waals surface area contributed by atoms with Gasteiger partial charge in [0.2, 0.25) is 0 Å². The predicted molar refractivity (Wildman–Crippen MR) is 276 cm³/mol. The van der Waals surface area contributed by atoms with E-state index in [1.807, 2.05) is 36.4 Å². The minimum atomic E-state index is -0.565. The van der Waals surface area contributed by atoms with Crippen molar-refractivity contribution in [1.29, 1.82) is 0 Å². The van der Waals surface area contributed by atoms with Crippen LogP contribution in [-0.2, 0) is 5.41 Å². The molecule has 2 aliphatic rings. The van der Waals surface area contributed by atoms with Crippen LogP contribution >= 0.6 is 0 Å². The third-order valence-corrected chi connectivity index (χ3v) is 13.5. The quantitative estimate of drug-likeness (QED) is 0.152. The minimum Gasteiger partial charge on any atom is -0.449 e. The van der Waals surface area contributed by atoms with Gasteiger partial charge in [-0.25, -0.2) is 15.0 Å². The lowest BCUT2D eigenvalue weighted by Gasteiger charge is -2.34. The molecule has 69 heavy (non-hydrogen) atoms. The molecule has 0 fully saturated rings. The maximum atomic E-state index is 7.12. The van der Waals surface area contributed by atoms with Crippen LogP contribution in [0.25, 0.3) is 78.7 Å². The van der Waals surface area contributed by atoms with Gasteiger partial charge in [0.25, 0.3) is 0 Å². The molecule has 0 saturated heterocycles. The molecule has 1 aromatic heterocycles. The highest BCUT2D eigenvalue weighted by Crippen LogP contribution is 2.63. The van der Waals surface area contributed by atoms with E-state index in [1.165, 1.54) is 16.7 Å². The third kappa shape index (κ3) is 6.74. The average Bonchev–Trinajstić information content (AvgIpc) is 3.75. The van der Waals surface area contributed by atoms with E-state index >= 15 is 0 Å². The van der Waals surface area contributed by atoms with Crippen LogP contribution < -0.4 is 9.47 Å². The Bertz CT molecular complexity index is 3550. The number of hydrogen-bond donors (Lipinski definition) is 0. The van der Waals surface area contributed by atoms with Gasteiger partial charge in [0.05, 0.1) is 5.41 Å². The summed E-state index contributed by atoms with van der Waals surface area (Å²) in [6, 6.07) is 86.6. The van der Waals surface area contributed by atoms with Gasteiger partial charge in [0.15, 0.2) is 40.5 Å². The highest BCUT2D eigenvalue weighted by atomic mass is 16.6. The third-order valence-electron chi connectivity index (χ3n) is 13.5. The first kappa shape index (κ1) is 40.1. The summed E-state index contributed by atoms with van der Waals surface area (Å²) in [5.74, 6) is 4.32. The SMILES string of the molecule is c1ccc(-c2ccc(-c3nc(-c4ccc(-c5ccccc5)cc4)nc(-c4ccccc4-c4cccc5c4Oc4ccc6c(c4O5)-c4ccccc4C6(c4ccccc4)c4ccccc4)n3)cc2)cc1. The summed E-state index contributed by atoms with van der Waals surface area (Å²) in [4.78, 5) is 15.6. The topological polar surface area (TPSA) is 57.1 Å². The summed E-state index contributed by atoms with van der Waals surface area (Å²) in [5.41, 5.74) is 15.3. The molecule has 1 aliphatic carbocycles. The molecule has 0 amide bonds. The van der Waals surface area contributed by atoms with E-state index in [0.717, 1.165) is 66.8 Å². The van der Waals surface area contributed by atoms with E-state index < -0.39 is 5.41 Å². The summed E-state index contributed by atoms with van der Waals surface area (Å²) in [6.07, 6.45) is 0. The maximum absolute atomic E-state index is 7.12. The lowest BCUT2D eigenvalue weighted by molar-refractivity contribution is 0.361. The van der Waals surface area contributed by atoms with Crippen LogP contribution in [0.2, 0.25) is 0 Å². The molecule has 0 unspecified atom stereocenters. The molecule has 10 aromatic carbocycles. The molecular formula is C64H41N3O2. The molecular weight excluding hydrogens is 843 g/mol. The van der Waals surface area contributed by atoms with Gasteiger partial charge in [-0.3, -0.25) is 0 Å². The Morgan fingerprint density at radius 3 is 1.26 bits per heavy atom. The lowest BCUT2D eigenvalue weighted by Crippen LogP contribution is -2.28. The molecule has 2 heterocycles. The van der Waals surface area contributed by atoms with Crippen LogP contribution in [0.1, 0.15) is 22.3 Å². The Hall–Kier alpha value is -9.19. The van der Waals surface area contributed by atoms with E-state index in [2.05, 4.69) is 212 Å². The monoisotopic (exact) mass is 883 g/mol. The average molecular weight is 884 g/mol. The van der Waals surface area contributed by atoms with E-state index in [1.54, 1.807) is 0 Å². The minimum absolute atomic E-state index is 0.548. The summed E-state index contributed by atoms with van der Waals surface area (Å²) >= 11 is 0. The van der Waals surface area contributed by atoms with Crippen LogP contribution in [0.3, 0.4) is 0 Å². The number of nitrogens with zero attached hydrogens (tertiary/aromatic N) is 3. The van der Waals surface area contributed by atoms with E-state index in [4.69, 9.17) is 24.4 Å². The first-order chi connectivity index (χ1) is 34.2. The highest BCUT2D eigenvalue weighted by molar-refractivity contribution is 5.93. The van der Waals surface area contributed by atoms with Gasteiger partial charge in [-0.1, -0.05) is 237 Å². The molecule has 13 rings (SSSR count). The molecule has 0 N–H and O–H groups in total. The highest BCUT2D eigenvalue weighted by Gasteiger charge is 2.48.